The molecule has 1 aromatic carbocycles. The van der Waals surface area contributed by atoms with Gasteiger partial charge in [0.25, 0.3) is 0 Å². The van der Waals surface area contributed by atoms with Gasteiger partial charge in [0.15, 0.2) is 5.78 Å². The minimum absolute atomic E-state index is 0. The van der Waals surface area contributed by atoms with Crippen molar-refractivity contribution in [1.29, 1.82) is 0 Å². The predicted octanol–water partition coefficient (Wildman–Crippen LogP) is -1.08. The van der Waals surface area contributed by atoms with Crippen molar-refractivity contribution in [2.75, 3.05) is 0 Å². The summed E-state index contributed by atoms with van der Waals surface area (Å²) in [4.78, 5) is 21.4. The molecule has 1 atom stereocenters. The van der Waals surface area contributed by atoms with Crippen molar-refractivity contribution in [2.45, 2.75) is 26.2 Å². The van der Waals surface area contributed by atoms with Gasteiger partial charge in [0, 0.05) is 5.56 Å². The average molecular weight is 294 g/mol. The number of aldehydes is 1. The van der Waals surface area contributed by atoms with E-state index in [2.05, 4.69) is 13.8 Å². The van der Waals surface area contributed by atoms with Crippen LogP contribution < -0.4 is 29.6 Å². The van der Waals surface area contributed by atoms with E-state index in [1.165, 1.54) is 5.56 Å². The van der Waals surface area contributed by atoms with Crippen LogP contribution in [-0.4, -0.2) is 25.4 Å². The first-order valence-electron chi connectivity index (χ1n) is 5.23. The van der Waals surface area contributed by atoms with Crippen LogP contribution in [-0.2, 0) is 16.2 Å². The quantitative estimate of drug-likeness (QED) is 0.251. The Morgan fingerprint density at radius 3 is 2.11 bits per heavy atom. The SMILES string of the molecule is CC(C)c1ccc(C(=O)CC=O)cc1.O=S([O-])O.[Na+]. The van der Waals surface area contributed by atoms with Crippen molar-refractivity contribution in [2.24, 2.45) is 0 Å². The van der Waals surface area contributed by atoms with E-state index >= 15 is 0 Å². The third kappa shape index (κ3) is 10.1. The van der Waals surface area contributed by atoms with E-state index in [-0.39, 0.29) is 41.8 Å². The first-order chi connectivity index (χ1) is 8.38. The fourth-order valence-electron chi connectivity index (χ4n) is 1.25. The normalized spacial score (nSPS) is 10.8. The zero-order valence-electron chi connectivity index (χ0n) is 11.2. The number of benzene rings is 1. The number of hydrogen-bond acceptors (Lipinski definition) is 4. The Morgan fingerprint density at radius 1 is 1.37 bits per heavy atom. The van der Waals surface area contributed by atoms with E-state index in [0.717, 1.165) is 0 Å². The molecule has 0 spiro atoms. The second-order valence-corrected chi connectivity index (χ2v) is 4.22. The zero-order valence-corrected chi connectivity index (χ0v) is 14.0. The molecule has 1 aromatic rings. The summed E-state index contributed by atoms with van der Waals surface area (Å²) in [6, 6.07) is 7.42. The van der Waals surface area contributed by atoms with Gasteiger partial charge in [-0.15, -0.1) is 0 Å². The first kappa shape index (κ1) is 20.9. The molecular weight excluding hydrogens is 279 g/mol. The second-order valence-electron chi connectivity index (χ2n) is 3.79. The van der Waals surface area contributed by atoms with Gasteiger partial charge in [-0.2, -0.15) is 0 Å². The summed E-state index contributed by atoms with van der Waals surface area (Å²) in [6.07, 6.45) is 0.611. The molecule has 0 fully saturated rings. The van der Waals surface area contributed by atoms with Crippen LogP contribution >= 0.6 is 0 Å². The third-order valence-corrected chi connectivity index (χ3v) is 2.17. The van der Waals surface area contributed by atoms with Crippen molar-refractivity contribution in [3.05, 3.63) is 35.4 Å². The van der Waals surface area contributed by atoms with E-state index in [1.54, 1.807) is 12.1 Å². The number of rotatable bonds is 4. The van der Waals surface area contributed by atoms with Crippen molar-refractivity contribution >= 4 is 23.4 Å². The Morgan fingerprint density at radius 2 is 1.79 bits per heavy atom. The Balaban J connectivity index is 0. The number of carbonyl (C=O) groups is 2. The molecule has 19 heavy (non-hydrogen) atoms. The van der Waals surface area contributed by atoms with Gasteiger partial charge >= 0.3 is 29.6 Å². The number of carbonyl (C=O) groups excluding carboxylic acids is 2. The van der Waals surface area contributed by atoms with Crippen LogP contribution in [0.15, 0.2) is 24.3 Å². The molecule has 0 aliphatic carbocycles. The summed E-state index contributed by atoms with van der Waals surface area (Å²) in [7, 11) is 0. The molecule has 1 unspecified atom stereocenters. The molecule has 0 aromatic heterocycles. The topological polar surface area (TPSA) is 94.5 Å². The predicted molar refractivity (Wildman–Crippen MR) is 67.1 cm³/mol. The van der Waals surface area contributed by atoms with Crippen LogP contribution in [0.25, 0.3) is 0 Å². The minimum atomic E-state index is -2.86. The largest absolute Gasteiger partial charge is 1.00 e. The molecule has 0 radical (unpaired) electrons. The maximum absolute atomic E-state index is 11.3. The molecule has 100 valence electrons. The maximum atomic E-state index is 11.3. The summed E-state index contributed by atoms with van der Waals surface area (Å²) >= 11 is -2.86. The van der Waals surface area contributed by atoms with Crippen molar-refractivity contribution in [1.82, 2.24) is 0 Å². The molecule has 0 saturated carbocycles. The molecule has 7 heteroatoms. The van der Waals surface area contributed by atoms with Crippen LogP contribution in [0.1, 0.15) is 42.1 Å². The molecule has 0 aliphatic rings. The third-order valence-electron chi connectivity index (χ3n) is 2.17. The Hall–Kier alpha value is -0.370. The van der Waals surface area contributed by atoms with Gasteiger partial charge in [0.2, 0.25) is 0 Å². The van der Waals surface area contributed by atoms with Gasteiger partial charge in [0.1, 0.15) is 6.29 Å². The van der Waals surface area contributed by atoms with Gasteiger partial charge in [-0.25, -0.2) is 4.21 Å². The molecule has 5 nitrogen and oxygen atoms in total. The molecule has 0 heterocycles. The fraction of sp³-hybridized carbons (Fsp3) is 0.333. The van der Waals surface area contributed by atoms with Crippen LogP contribution in [0.2, 0.25) is 0 Å². The van der Waals surface area contributed by atoms with Crippen LogP contribution in [0, 0.1) is 0 Å². The van der Waals surface area contributed by atoms with Gasteiger partial charge in [-0.1, -0.05) is 38.1 Å². The second kappa shape index (κ2) is 11.5. The van der Waals surface area contributed by atoms with Gasteiger partial charge in [0.05, 0.1) is 17.8 Å². The average Bonchev–Trinajstić information content (AvgIpc) is 2.28. The van der Waals surface area contributed by atoms with Crippen molar-refractivity contribution < 1.29 is 52.5 Å². The Labute approximate surface area is 137 Å². The van der Waals surface area contributed by atoms with Crippen molar-refractivity contribution in [3.8, 4) is 0 Å². The molecular formula is C12H15NaO5S. The van der Waals surface area contributed by atoms with Crippen LogP contribution in [0.4, 0.5) is 0 Å². The van der Waals surface area contributed by atoms with Crippen molar-refractivity contribution in [3.63, 3.8) is 0 Å². The minimum Gasteiger partial charge on any atom is -0.750 e. The zero-order chi connectivity index (χ0) is 14.1. The van der Waals surface area contributed by atoms with E-state index in [9.17, 15) is 9.59 Å². The molecule has 0 saturated heterocycles. The Kier molecular flexibility index (Phi) is 12.6. The smallest absolute Gasteiger partial charge is 0.750 e. The monoisotopic (exact) mass is 294 g/mol. The summed E-state index contributed by atoms with van der Waals surface area (Å²) in [5.41, 5.74) is 1.81. The molecule has 1 rings (SSSR count). The molecule has 0 amide bonds. The number of ketones is 1. The molecule has 0 bridgehead atoms. The maximum Gasteiger partial charge on any atom is 1.00 e. The van der Waals surface area contributed by atoms with E-state index in [0.29, 0.717) is 17.8 Å². The Bertz CT molecular complexity index is 413. The first-order valence-corrected chi connectivity index (χ1v) is 6.26. The summed E-state index contributed by atoms with van der Waals surface area (Å²) < 4.78 is 24.1. The summed E-state index contributed by atoms with van der Waals surface area (Å²) in [6.45, 7) is 4.20. The summed E-state index contributed by atoms with van der Waals surface area (Å²) in [5.74, 6) is 0.348. The molecule has 0 aliphatic heterocycles. The summed E-state index contributed by atoms with van der Waals surface area (Å²) in [5, 5.41) is 0. The van der Waals surface area contributed by atoms with E-state index < -0.39 is 11.4 Å². The number of Topliss-reactive ketones (excluding diaryl/α,β-unsaturated/α-hetero) is 1. The van der Waals surface area contributed by atoms with Crippen LogP contribution in [0.5, 0.6) is 0 Å². The number of hydrogen-bond donors (Lipinski definition) is 1. The van der Waals surface area contributed by atoms with E-state index in [1.807, 2.05) is 12.1 Å². The molecule has 1 N–H and O–H groups in total. The van der Waals surface area contributed by atoms with Gasteiger partial charge in [-0.3, -0.25) is 4.79 Å². The van der Waals surface area contributed by atoms with Gasteiger partial charge in [-0.05, 0) is 11.5 Å². The van der Waals surface area contributed by atoms with Gasteiger partial charge < -0.3 is 13.9 Å². The standard InChI is InChI=1S/C12H14O2.Na.H2O3S/c1-9(2)10-3-5-11(6-4-10)12(14)7-8-13;;1-4(2)3/h3-6,8-9H,7H2,1-2H3;;(H2,1,2,3)/q;+1;/p-1. The van der Waals surface area contributed by atoms with E-state index in [4.69, 9.17) is 13.3 Å². The van der Waals surface area contributed by atoms with Crippen LogP contribution in [0.3, 0.4) is 0 Å². The fourth-order valence-corrected chi connectivity index (χ4v) is 1.25.